The summed E-state index contributed by atoms with van der Waals surface area (Å²) in [6.07, 6.45) is 0. The average Bonchev–Trinajstić information content (AvgIpc) is 0.544. The Kier molecular flexibility index (Phi) is 2.61. The van der Waals surface area contributed by atoms with Gasteiger partial charge in [-0.25, -0.2) is 0 Å². The van der Waals surface area contributed by atoms with Crippen LogP contribution >= 0.6 is 0 Å². The second kappa shape index (κ2) is 1.68. The van der Waals surface area contributed by atoms with Crippen molar-refractivity contribution in [3.63, 3.8) is 0 Å². The molecular formula is BaF7Gd. The minimum absolute atomic E-state index is 0. The summed E-state index contributed by atoms with van der Waals surface area (Å²) in [5.74, 6) is 0. The molecule has 0 unspecified atom stereocenters. The van der Waals surface area contributed by atoms with Gasteiger partial charge >= 0.3 is 39.2 Å². The topological polar surface area (TPSA) is 0 Å². The number of hydrogen-bond donors (Lipinski definition) is 0. The van der Waals surface area contributed by atoms with Gasteiger partial charge in [0.15, 0.2) is 0 Å². The zero-order valence-electron chi connectivity index (χ0n) is 3.71. The van der Waals surface area contributed by atoms with E-state index in [2.05, 4.69) is 0 Å². The molecule has 59 valence electrons. The van der Waals surface area contributed by atoms with Crippen LogP contribution in [0, 0.1) is 31.4 Å². The van der Waals surface area contributed by atoms with Gasteiger partial charge in [-0.2, -0.15) is 0 Å². The maximum absolute atomic E-state index is 13.3. The van der Waals surface area contributed by atoms with E-state index >= 15 is 0 Å². The molecule has 0 saturated heterocycles. The van der Waals surface area contributed by atoms with Gasteiger partial charge in [0.25, 0.3) is 0 Å². The van der Waals surface area contributed by atoms with Crippen LogP contribution in [0.5, 0.6) is 0 Å². The summed E-state index contributed by atoms with van der Waals surface area (Å²) in [4.78, 5) is 0. The molecule has 0 aromatic carbocycles. The Labute approximate surface area is 85.5 Å². The summed E-state index contributed by atoms with van der Waals surface area (Å²) in [5, 5.41) is 0. The van der Waals surface area contributed by atoms with Crippen LogP contribution in [-0.4, -0.2) is 48.9 Å². The molecule has 0 fully saturated rings. The summed E-state index contributed by atoms with van der Waals surface area (Å²) in [6.45, 7) is 0. The molecule has 2 radical (unpaired) electrons. The van der Waals surface area contributed by atoms with Gasteiger partial charge < -0.3 is 0 Å². The van der Waals surface area contributed by atoms with Gasteiger partial charge in [0.2, 0.25) is 0 Å². The molecule has 0 aliphatic heterocycles. The van der Waals surface area contributed by atoms with Crippen molar-refractivity contribution < 1.29 is 39.2 Å². The van der Waals surface area contributed by atoms with E-state index in [9.17, 15) is 7.81 Å². The van der Waals surface area contributed by atoms with E-state index in [1.54, 1.807) is 0 Å². The Morgan fingerprint density at radius 1 is 0.556 bits per heavy atom. The molecule has 0 atom stereocenters. The van der Waals surface area contributed by atoms with Gasteiger partial charge in [-0.05, 0) is 0 Å². The van der Waals surface area contributed by atoms with E-state index in [0.717, 1.165) is 0 Å². The Morgan fingerprint density at radius 3 is 0.556 bits per heavy atom. The van der Waals surface area contributed by atoms with Gasteiger partial charge in [0, 0.05) is 48.9 Å². The third-order valence-electron chi connectivity index (χ3n) is 0. The average molecular weight is 428 g/mol. The molecule has 0 aliphatic rings. The summed E-state index contributed by atoms with van der Waals surface area (Å²) in [5.41, 5.74) is 0. The molecule has 0 aromatic heterocycles. The van der Waals surface area contributed by atoms with Crippen LogP contribution < -0.4 is 0 Å². The van der Waals surface area contributed by atoms with Crippen molar-refractivity contribution in [3.05, 3.63) is 0 Å². The normalized spacial score (nSPS) is 24.1. The summed E-state index contributed by atoms with van der Waals surface area (Å²) < 4.78 is 69.5. The van der Waals surface area contributed by atoms with Crippen LogP contribution in [0.15, 0.2) is 0 Å². The Bertz CT molecular complexity index is 101. The third-order valence-corrected chi connectivity index (χ3v) is 0. The van der Waals surface area contributed by atoms with Crippen LogP contribution in [0.1, 0.15) is 0 Å². The van der Waals surface area contributed by atoms with Crippen LogP contribution in [0.3, 0.4) is 0 Å². The fraction of sp³-hybridized carbons (Fsp3) is 0. The molecule has 0 spiro atoms. The van der Waals surface area contributed by atoms with Crippen molar-refractivity contribution in [2.45, 2.75) is 0 Å². The van der Waals surface area contributed by atoms with E-state index in [-0.39, 0.29) is 48.9 Å². The molecular weight excluding hydrogens is 428 g/mol. The fourth-order valence-corrected chi connectivity index (χ4v) is 0. The molecule has 9 heteroatoms. The fourth-order valence-electron chi connectivity index (χ4n) is 0. The molecule has 0 aromatic rings. The van der Waals surface area contributed by atoms with E-state index in [0.29, 0.717) is 0 Å². The maximum atomic E-state index is 9.93. The molecule has 0 heterocycles. The molecule has 0 rings (SSSR count). The summed E-state index contributed by atoms with van der Waals surface area (Å²) in [6, 6.07) is 0. The molecule has 0 saturated carbocycles. The first-order chi connectivity index (χ1) is 2.65. The number of halogens is 7. The zero-order valence-corrected chi connectivity index (χ0v) is 10.4. The molecule has 0 bridgehead atoms. The Hall–Kier alpha value is 2.41. The van der Waals surface area contributed by atoms with Crippen molar-refractivity contribution in [2.24, 2.45) is 0 Å². The second-order valence-electron chi connectivity index (χ2n) is 1.06. The van der Waals surface area contributed by atoms with E-state index < -0.39 is 31.4 Å². The standard InChI is InChI=1S/Ba.7FH.Gd/h;7*1H;/q;;;;;;;;+7/p-7. The van der Waals surface area contributed by atoms with Crippen LogP contribution in [0.2, 0.25) is 0 Å². The van der Waals surface area contributed by atoms with Gasteiger partial charge in [-0.15, -0.1) is 0 Å². The van der Waals surface area contributed by atoms with Crippen molar-refractivity contribution in [1.29, 1.82) is 0 Å². The van der Waals surface area contributed by atoms with Gasteiger partial charge in [0.05, 0.1) is 0 Å². The quantitative estimate of drug-likeness (QED) is 0.412. The monoisotopic (exact) mass is 429 g/mol. The molecule has 0 nitrogen and oxygen atoms in total. The molecule has 0 N–H and O–H groups in total. The Morgan fingerprint density at radius 2 is 0.556 bits per heavy atom. The van der Waals surface area contributed by atoms with Gasteiger partial charge in [0.1, 0.15) is 0 Å². The van der Waals surface area contributed by atoms with E-state index in [4.69, 9.17) is 0 Å². The van der Waals surface area contributed by atoms with Crippen LogP contribution in [0.25, 0.3) is 0 Å². The predicted octanol–water partition coefficient (Wildman–Crippen LogP) is 2.56. The second-order valence-corrected chi connectivity index (χ2v) is 7.87. The molecule has 9 heavy (non-hydrogen) atoms. The van der Waals surface area contributed by atoms with E-state index in [1.807, 2.05) is 0 Å². The number of hydrogen-bond acceptors (Lipinski definition) is 0. The summed E-state index contributed by atoms with van der Waals surface area (Å²) >= 11 is -13.3. The minimum atomic E-state index is -13.3. The predicted molar refractivity (Wildman–Crippen MR) is 13.5 cm³/mol. The first kappa shape index (κ1) is 14.0. The van der Waals surface area contributed by atoms with Crippen molar-refractivity contribution >= 4 is 48.9 Å². The summed E-state index contributed by atoms with van der Waals surface area (Å²) in [7, 11) is 0. The molecule has 0 amide bonds. The number of rotatable bonds is 0. The third kappa shape index (κ3) is 127. The van der Waals surface area contributed by atoms with Crippen molar-refractivity contribution in [3.8, 4) is 0 Å². The first-order valence-electron chi connectivity index (χ1n) is 0.935. The van der Waals surface area contributed by atoms with Gasteiger partial charge in [-0.1, -0.05) is 0 Å². The molecule has 0 aliphatic carbocycles. The van der Waals surface area contributed by atoms with Crippen molar-refractivity contribution in [2.75, 3.05) is 0 Å². The van der Waals surface area contributed by atoms with Crippen molar-refractivity contribution in [1.82, 2.24) is 0 Å². The van der Waals surface area contributed by atoms with Crippen LogP contribution in [0.4, 0.5) is 7.81 Å². The SMILES string of the molecule is [Ba].[F][Gd]([F])([F])([F])([F])([F])[F]. The van der Waals surface area contributed by atoms with Crippen LogP contribution in [-0.2, 0) is 0 Å². The zero-order chi connectivity index (χ0) is 7.38. The van der Waals surface area contributed by atoms with Gasteiger partial charge in [-0.3, -0.25) is 0 Å². The first-order valence-corrected chi connectivity index (χ1v) is 6.94. The Balaban J connectivity index is 0. The van der Waals surface area contributed by atoms with E-state index in [1.165, 1.54) is 0 Å².